The molecular weight excluding hydrogens is 268 g/mol. The Morgan fingerprint density at radius 2 is 2.11 bits per heavy atom. The van der Waals surface area contributed by atoms with E-state index in [1.165, 1.54) is 19.5 Å². The highest BCUT2D eigenvalue weighted by molar-refractivity contribution is 7.62. The van der Waals surface area contributed by atoms with Crippen molar-refractivity contribution >= 4 is 7.14 Å². The van der Waals surface area contributed by atoms with Crippen molar-refractivity contribution in [3.63, 3.8) is 0 Å². The number of alkyl halides is 1. The van der Waals surface area contributed by atoms with E-state index in [0.717, 1.165) is 0 Å². The Morgan fingerprint density at radius 1 is 1.47 bits per heavy atom. The molecule has 0 saturated heterocycles. The Hall–Kier alpha value is -0.930. The minimum atomic E-state index is -2.89. The van der Waals surface area contributed by atoms with Crippen molar-refractivity contribution in [2.24, 2.45) is 0 Å². The van der Waals surface area contributed by atoms with Gasteiger partial charge in [-0.15, -0.1) is 0 Å². The van der Waals surface area contributed by atoms with Crippen molar-refractivity contribution in [1.29, 1.82) is 0 Å². The average molecular weight is 287 g/mol. The Bertz CT molecular complexity index is 553. The van der Waals surface area contributed by atoms with Crippen LogP contribution < -0.4 is 4.74 Å². The van der Waals surface area contributed by atoms with Crippen molar-refractivity contribution in [2.45, 2.75) is 39.1 Å². The maximum atomic E-state index is 14.3. The number of hydrogen-bond acceptors (Lipinski definition) is 4. The molecular formula is C13H19FNO3P. The first kappa shape index (κ1) is 14.5. The minimum absolute atomic E-state index is 0.238. The van der Waals surface area contributed by atoms with Crippen molar-refractivity contribution in [1.82, 2.24) is 4.98 Å². The molecule has 1 aliphatic rings. The van der Waals surface area contributed by atoms with Gasteiger partial charge in [0.25, 0.3) is 0 Å². The predicted molar refractivity (Wildman–Crippen MR) is 71.8 cm³/mol. The van der Waals surface area contributed by atoms with E-state index in [9.17, 15) is 8.96 Å². The molecule has 2 heterocycles. The van der Waals surface area contributed by atoms with E-state index >= 15 is 0 Å². The second-order valence-corrected chi connectivity index (χ2v) is 8.99. The van der Waals surface area contributed by atoms with Crippen LogP contribution in [0.5, 0.6) is 5.75 Å². The van der Waals surface area contributed by atoms with Crippen molar-refractivity contribution in [2.75, 3.05) is 13.3 Å². The summed E-state index contributed by atoms with van der Waals surface area (Å²) in [6, 6.07) is 0. The average Bonchev–Trinajstić information content (AvgIpc) is 2.27. The monoisotopic (exact) mass is 287 g/mol. The third-order valence-corrected chi connectivity index (χ3v) is 4.43. The molecule has 2 rings (SSSR count). The van der Waals surface area contributed by atoms with E-state index in [4.69, 9.17) is 9.47 Å². The largest absolute Gasteiger partial charge is 0.461 e. The summed E-state index contributed by atoms with van der Waals surface area (Å²) in [7, 11) is -2.89. The Labute approximate surface area is 112 Å². The molecule has 0 radical (unpaired) electrons. The third kappa shape index (κ3) is 2.82. The van der Waals surface area contributed by atoms with E-state index in [1.54, 1.807) is 20.8 Å². The van der Waals surface area contributed by atoms with E-state index < -0.39 is 18.8 Å². The molecule has 1 atom stereocenters. The van der Waals surface area contributed by atoms with Crippen molar-refractivity contribution in [3.8, 4) is 5.75 Å². The molecule has 1 aromatic rings. The Balaban J connectivity index is 2.53. The minimum Gasteiger partial charge on any atom is -0.461 e. The maximum Gasteiger partial charge on any atom is 0.205 e. The predicted octanol–water partition coefficient (Wildman–Crippen LogP) is 3.63. The second-order valence-electron chi connectivity index (χ2n) is 5.67. The van der Waals surface area contributed by atoms with E-state index in [-0.39, 0.29) is 6.61 Å². The number of nitrogens with zero attached hydrogens (tertiary/aromatic N) is 1. The molecule has 0 aromatic carbocycles. The number of aryl methyl sites for hydroxylation is 1. The van der Waals surface area contributed by atoms with Gasteiger partial charge in [0.2, 0.25) is 5.79 Å². The molecule has 0 fully saturated rings. The number of fused-ring (bicyclic) bond motifs is 1. The van der Waals surface area contributed by atoms with Crippen molar-refractivity contribution < 1.29 is 18.4 Å². The zero-order chi connectivity index (χ0) is 14.4. The lowest BCUT2D eigenvalue weighted by molar-refractivity contribution is -0.180. The molecule has 1 aromatic heterocycles. The topological polar surface area (TPSA) is 48.4 Å². The van der Waals surface area contributed by atoms with Crippen LogP contribution in [0.15, 0.2) is 6.20 Å². The molecule has 0 N–H and O–H groups in total. The molecule has 1 aliphatic heterocycles. The van der Waals surface area contributed by atoms with Gasteiger partial charge in [-0.1, -0.05) is 0 Å². The van der Waals surface area contributed by atoms with Crippen LogP contribution in [0.2, 0.25) is 0 Å². The van der Waals surface area contributed by atoms with Gasteiger partial charge in [0.1, 0.15) is 12.9 Å². The van der Waals surface area contributed by atoms with Gasteiger partial charge in [0.05, 0.1) is 12.3 Å². The molecule has 0 spiro atoms. The molecule has 0 saturated carbocycles. The number of hydrogen-bond donors (Lipinski definition) is 0. The molecule has 0 bridgehead atoms. The Morgan fingerprint density at radius 3 is 2.68 bits per heavy atom. The van der Waals surface area contributed by atoms with Crippen LogP contribution in [0.25, 0.3) is 0 Å². The SMILES string of the molecule is Cc1ncc(C(F)P(C)(C)=O)c2c1OC(C)(C)OC2. The molecule has 1 unspecified atom stereocenters. The van der Waals surface area contributed by atoms with Gasteiger partial charge in [-0.3, -0.25) is 4.98 Å². The van der Waals surface area contributed by atoms with Crippen LogP contribution >= 0.6 is 7.14 Å². The highest BCUT2D eigenvalue weighted by atomic mass is 31.2. The normalized spacial score (nSPS) is 19.5. The first-order valence-corrected chi connectivity index (χ1v) is 8.79. The lowest BCUT2D eigenvalue weighted by atomic mass is 10.1. The lowest BCUT2D eigenvalue weighted by Gasteiger charge is -2.34. The molecule has 4 nitrogen and oxygen atoms in total. The van der Waals surface area contributed by atoms with Gasteiger partial charge in [-0.25, -0.2) is 4.39 Å². The maximum absolute atomic E-state index is 14.3. The smallest absolute Gasteiger partial charge is 0.205 e. The summed E-state index contributed by atoms with van der Waals surface area (Å²) in [6.45, 7) is 8.48. The zero-order valence-electron chi connectivity index (χ0n) is 11.9. The van der Waals surface area contributed by atoms with Crippen molar-refractivity contribution in [3.05, 3.63) is 23.0 Å². The molecule has 6 heteroatoms. The molecule has 19 heavy (non-hydrogen) atoms. The standard InChI is InChI=1S/C13H19FNO3P/c1-8-11-10(7-17-13(2,3)18-11)9(6-15-8)12(14)19(4,5)16/h6,12H,7H2,1-5H3. The van der Waals surface area contributed by atoms with Crippen LogP contribution in [0.4, 0.5) is 4.39 Å². The summed E-state index contributed by atoms with van der Waals surface area (Å²) in [5.74, 6) is -1.75. The summed E-state index contributed by atoms with van der Waals surface area (Å²) in [6.07, 6.45) is 1.43. The first-order valence-electron chi connectivity index (χ1n) is 6.12. The van der Waals surface area contributed by atoms with Crippen LogP contribution in [-0.2, 0) is 15.9 Å². The summed E-state index contributed by atoms with van der Waals surface area (Å²) in [5, 5.41) is 0. The third-order valence-electron chi connectivity index (χ3n) is 3.06. The van der Waals surface area contributed by atoms with Crippen LogP contribution in [-0.4, -0.2) is 24.1 Å². The van der Waals surface area contributed by atoms with E-state index in [1.807, 2.05) is 0 Å². The highest BCUT2D eigenvalue weighted by Crippen LogP contribution is 2.55. The second kappa shape index (κ2) is 4.57. The fourth-order valence-corrected chi connectivity index (χ4v) is 2.89. The number of rotatable bonds is 2. The zero-order valence-corrected chi connectivity index (χ0v) is 12.8. The number of halogens is 1. The van der Waals surface area contributed by atoms with Crippen LogP contribution in [0, 0.1) is 6.92 Å². The van der Waals surface area contributed by atoms with Gasteiger partial charge in [-0.05, 0) is 20.3 Å². The fraction of sp³-hybridized carbons (Fsp3) is 0.615. The van der Waals surface area contributed by atoms with E-state index in [0.29, 0.717) is 22.6 Å². The fourth-order valence-electron chi connectivity index (χ4n) is 2.00. The van der Waals surface area contributed by atoms with Gasteiger partial charge in [-0.2, -0.15) is 0 Å². The number of aromatic nitrogens is 1. The molecule has 106 valence electrons. The lowest BCUT2D eigenvalue weighted by Crippen LogP contribution is -2.36. The first-order chi connectivity index (χ1) is 8.62. The quantitative estimate of drug-likeness (QED) is 0.779. The number of ether oxygens (including phenoxy) is 2. The molecule has 0 amide bonds. The summed E-state index contributed by atoms with van der Waals surface area (Å²) < 4.78 is 37.5. The summed E-state index contributed by atoms with van der Waals surface area (Å²) in [5.41, 5.74) is 1.61. The number of pyridine rings is 1. The molecule has 0 aliphatic carbocycles. The van der Waals surface area contributed by atoms with Gasteiger partial charge >= 0.3 is 0 Å². The van der Waals surface area contributed by atoms with Gasteiger partial charge in [0.15, 0.2) is 5.91 Å². The van der Waals surface area contributed by atoms with Gasteiger partial charge < -0.3 is 14.0 Å². The highest BCUT2D eigenvalue weighted by Gasteiger charge is 2.35. The summed E-state index contributed by atoms with van der Waals surface area (Å²) in [4.78, 5) is 4.15. The van der Waals surface area contributed by atoms with Gasteiger partial charge in [0, 0.05) is 31.2 Å². The Kier molecular flexibility index (Phi) is 3.48. The summed E-state index contributed by atoms with van der Waals surface area (Å²) >= 11 is 0. The van der Waals surface area contributed by atoms with Crippen LogP contribution in [0.1, 0.15) is 36.6 Å². The van der Waals surface area contributed by atoms with E-state index in [2.05, 4.69) is 4.98 Å². The van der Waals surface area contributed by atoms with Crippen LogP contribution in [0.3, 0.4) is 0 Å².